The SMILES string of the molecule is C=C/C(F)=c1/sc(N)n/c1=C\c1c(Cl)cc2c(N3CC4CCC(C3)N4)nc(=O)n3c2c1SC[C@@H]3CCN1CCC(F)C1. The molecular formula is C29H32ClF2N7OS2. The number of alkyl halides is 1. The van der Waals surface area contributed by atoms with Crippen LogP contribution < -0.4 is 31.5 Å². The second-order valence-electron chi connectivity index (χ2n) is 11.5. The average molecular weight is 632 g/mol. The molecular weight excluding hydrogens is 600 g/mol. The Morgan fingerprint density at radius 2 is 2.02 bits per heavy atom. The van der Waals surface area contributed by atoms with Gasteiger partial charge in [-0.15, -0.1) is 11.8 Å². The maximum absolute atomic E-state index is 14.7. The lowest BCUT2D eigenvalue weighted by molar-refractivity contribution is 0.272. The number of halogens is 3. The van der Waals surface area contributed by atoms with Crippen LogP contribution in [0.5, 0.6) is 0 Å². The van der Waals surface area contributed by atoms with Crippen LogP contribution in [0.1, 0.15) is 37.3 Å². The van der Waals surface area contributed by atoms with Gasteiger partial charge in [-0.25, -0.2) is 18.6 Å². The third kappa shape index (κ3) is 5.04. The van der Waals surface area contributed by atoms with E-state index in [4.69, 9.17) is 17.3 Å². The molecule has 42 heavy (non-hydrogen) atoms. The number of rotatable bonds is 6. The Bertz CT molecular complexity index is 1750. The van der Waals surface area contributed by atoms with Crippen LogP contribution >= 0.6 is 34.7 Å². The fraction of sp³-hybridized carbons (Fsp3) is 0.483. The highest BCUT2D eigenvalue weighted by Gasteiger charge is 2.36. The molecule has 8 nitrogen and oxygen atoms in total. The molecule has 4 atom stereocenters. The number of hydrogen-bond acceptors (Lipinski definition) is 9. The summed E-state index contributed by atoms with van der Waals surface area (Å²) in [5.74, 6) is 0.779. The van der Waals surface area contributed by atoms with Crippen molar-refractivity contribution >= 4 is 68.5 Å². The number of piperazine rings is 1. The first-order chi connectivity index (χ1) is 20.3. The molecule has 4 aliphatic rings. The van der Waals surface area contributed by atoms with Gasteiger partial charge in [0, 0.05) is 77.5 Å². The Kier molecular flexibility index (Phi) is 7.54. The molecule has 13 heteroatoms. The third-order valence-electron chi connectivity index (χ3n) is 8.77. The number of anilines is 2. The molecule has 3 fully saturated rings. The van der Waals surface area contributed by atoms with Gasteiger partial charge in [0.2, 0.25) is 0 Å². The van der Waals surface area contributed by atoms with Crippen LogP contribution in [0.15, 0.2) is 28.4 Å². The van der Waals surface area contributed by atoms with Crippen molar-refractivity contribution in [3.05, 3.63) is 49.7 Å². The van der Waals surface area contributed by atoms with Gasteiger partial charge in [0.15, 0.2) is 5.13 Å². The van der Waals surface area contributed by atoms with Crippen molar-refractivity contribution in [3.63, 3.8) is 0 Å². The summed E-state index contributed by atoms with van der Waals surface area (Å²) in [5, 5.41) is 5.55. The Morgan fingerprint density at radius 3 is 2.74 bits per heavy atom. The van der Waals surface area contributed by atoms with E-state index < -0.39 is 12.0 Å². The van der Waals surface area contributed by atoms with Crippen LogP contribution in [0.2, 0.25) is 5.02 Å². The first kappa shape index (κ1) is 28.3. The minimum Gasteiger partial charge on any atom is -0.375 e. The summed E-state index contributed by atoms with van der Waals surface area (Å²) >= 11 is 9.68. The van der Waals surface area contributed by atoms with Crippen LogP contribution in [0, 0.1) is 0 Å². The predicted octanol–water partition coefficient (Wildman–Crippen LogP) is 3.20. The monoisotopic (exact) mass is 631 g/mol. The molecule has 0 saturated carbocycles. The summed E-state index contributed by atoms with van der Waals surface area (Å²) in [4.78, 5) is 28.1. The highest BCUT2D eigenvalue weighted by atomic mass is 35.5. The van der Waals surface area contributed by atoms with Crippen molar-refractivity contribution in [1.82, 2.24) is 24.8 Å². The van der Waals surface area contributed by atoms with E-state index in [9.17, 15) is 13.6 Å². The number of thiazole rings is 1. The van der Waals surface area contributed by atoms with Gasteiger partial charge in [0.25, 0.3) is 0 Å². The van der Waals surface area contributed by atoms with E-state index in [0.717, 1.165) is 65.7 Å². The summed E-state index contributed by atoms with van der Waals surface area (Å²) in [6.45, 7) is 6.98. The summed E-state index contributed by atoms with van der Waals surface area (Å²) in [6.07, 6.45) is 5.57. The highest BCUT2D eigenvalue weighted by Crippen LogP contribution is 2.44. The van der Waals surface area contributed by atoms with Crippen LogP contribution in [0.3, 0.4) is 0 Å². The molecule has 0 aliphatic carbocycles. The molecule has 2 aromatic heterocycles. The number of benzene rings is 1. The average Bonchev–Trinajstić information content (AvgIpc) is 3.67. The Hall–Kier alpha value is -2.51. The van der Waals surface area contributed by atoms with Gasteiger partial charge in [-0.3, -0.25) is 4.57 Å². The number of likely N-dealkylation sites (tertiary alicyclic amines) is 1. The van der Waals surface area contributed by atoms with Crippen molar-refractivity contribution in [2.75, 3.05) is 49.1 Å². The van der Waals surface area contributed by atoms with Gasteiger partial charge in [-0.2, -0.15) is 4.98 Å². The number of aromatic nitrogens is 3. The summed E-state index contributed by atoms with van der Waals surface area (Å²) in [6, 6.07) is 2.51. The molecule has 0 radical (unpaired) electrons. The largest absolute Gasteiger partial charge is 0.375 e. The van der Waals surface area contributed by atoms with Gasteiger partial charge in [0.05, 0.1) is 15.4 Å². The van der Waals surface area contributed by atoms with Gasteiger partial charge in [-0.05, 0) is 43.9 Å². The number of nitrogens with two attached hydrogens (primary N) is 1. The third-order valence-corrected chi connectivity index (χ3v) is 11.2. The molecule has 2 bridgehead atoms. The number of hydrogen-bond donors (Lipinski definition) is 2. The molecule has 3 saturated heterocycles. The predicted molar refractivity (Wildman–Crippen MR) is 168 cm³/mol. The molecule has 3 N–H and O–H groups in total. The molecule has 6 heterocycles. The Balaban J connectivity index is 1.41. The summed E-state index contributed by atoms with van der Waals surface area (Å²) < 4.78 is 30.6. The van der Waals surface area contributed by atoms with Crippen molar-refractivity contribution in [1.29, 1.82) is 0 Å². The molecule has 222 valence electrons. The molecule has 4 aliphatic heterocycles. The van der Waals surface area contributed by atoms with E-state index in [1.165, 1.54) is 0 Å². The standard InChI is InChI=1S/C29H32ClF2N7OS2/c1-2-22(32)26-23(35-28(33)42-26)10-19-21(30)9-20-24-25(19)41-14-18(6-8-37-7-5-15(31)11-37)39(24)29(40)36-27(20)38-12-16-3-4-17(13-38)34-16/h2,9-10,15-18,34H,1,3-8,11-14H2,(H2,33,35)/b23-10-,26-22-/t15?,16?,17?,18-/m0/s1. The van der Waals surface area contributed by atoms with E-state index in [2.05, 4.69) is 31.7 Å². The molecule has 0 amide bonds. The summed E-state index contributed by atoms with van der Waals surface area (Å²) in [5.41, 5.74) is 7.13. The highest BCUT2D eigenvalue weighted by molar-refractivity contribution is 7.99. The lowest BCUT2D eigenvalue weighted by Crippen LogP contribution is -2.52. The topological polar surface area (TPSA) is 92.3 Å². The van der Waals surface area contributed by atoms with Crippen LogP contribution in [-0.2, 0) is 0 Å². The number of nitrogens with one attached hydrogen (secondary N) is 1. The zero-order valence-corrected chi connectivity index (χ0v) is 25.4. The fourth-order valence-electron chi connectivity index (χ4n) is 6.81. The van der Waals surface area contributed by atoms with Crippen molar-refractivity contribution in [3.8, 4) is 0 Å². The lowest BCUT2D eigenvalue weighted by atomic mass is 10.1. The smallest absolute Gasteiger partial charge is 0.350 e. The fourth-order valence-corrected chi connectivity index (χ4v) is 9.21. The van der Waals surface area contributed by atoms with Gasteiger partial charge in [-0.1, -0.05) is 29.5 Å². The second kappa shape index (κ2) is 11.2. The first-order valence-corrected chi connectivity index (χ1v) is 16.5. The van der Waals surface area contributed by atoms with Crippen molar-refractivity contribution in [2.45, 2.75) is 54.9 Å². The van der Waals surface area contributed by atoms with E-state index in [1.54, 1.807) is 17.8 Å². The normalized spacial score (nSPS) is 26.8. The molecule has 0 spiro atoms. The van der Waals surface area contributed by atoms with E-state index in [0.29, 0.717) is 65.5 Å². The number of thioether (sulfide) groups is 1. The van der Waals surface area contributed by atoms with Crippen molar-refractivity contribution in [2.24, 2.45) is 0 Å². The minimum atomic E-state index is -0.788. The number of allylic oxidation sites excluding steroid dienone is 1. The zero-order chi connectivity index (χ0) is 29.1. The number of nitrogen functional groups attached to an aromatic ring is 1. The van der Waals surface area contributed by atoms with E-state index >= 15 is 0 Å². The first-order valence-electron chi connectivity index (χ1n) is 14.3. The number of nitrogens with zero attached hydrogens (tertiary/aromatic N) is 5. The van der Waals surface area contributed by atoms with Gasteiger partial charge < -0.3 is 20.9 Å². The quantitative estimate of drug-likeness (QED) is 0.429. The Labute approximate surface area is 254 Å². The zero-order valence-electron chi connectivity index (χ0n) is 23.0. The van der Waals surface area contributed by atoms with Crippen LogP contribution in [0.25, 0.3) is 22.8 Å². The molecule has 7 rings (SSSR count). The second-order valence-corrected chi connectivity index (χ2v) is 14.0. The van der Waals surface area contributed by atoms with Crippen molar-refractivity contribution < 1.29 is 8.78 Å². The molecule has 1 aromatic carbocycles. The molecule has 3 unspecified atom stereocenters. The van der Waals surface area contributed by atoms with Gasteiger partial charge in [0.1, 0.15) is 17.8 Å². The van der Waals surface area contributed by atoms with Gasteiger partial charge >= 0.3 is 5.69 Å². The number of fused-ring (bicyclic) bond motifs is 2. The lowest BCUT2D eigenvalue weighted by Gasteiger charge is -2.36. The maximum atomic E-state index is 14.7. The summed E-state index contributed by atoms with van der Waals surface area (Å²) in [7, 11) is 0. The van der Waals surface area contributed by atoms with Crippen LogP contribution in [-0.4, -0.2) is 76.2 Å². The van der Waals surface area contributed by atoms with E-state index in [1.807, 2.05) is 10.6 Å². The Morgan fingerprint density at radius 1 is 1.24 bits per heavy atom. The van der Waals surface area contributed by atoms with Crippen LogP contribution in [0.4, 0.5) is 19.7 Å². The molecule has 3 aromatic rings. The minimum absolute atomic E-state index is 0.108. The van der Waals surface area contributed by atoms with E-state index in [-0.39, 0.29) is 21.4 Å². The maximum Gasteiger partial charge on any atom is 0.350 e.